The number of aryl methyl sites for hydroxylation is 1. The molecule has 1 aromatic rings. The quantitative estimate of drug-likeness (QED) is 0.528. The van der Waals surface area contributed by atoms with E-state index in [4.69, 9.17) is 4.74 Å². The maximum atomic E-state index is 13.0. The normalized spacial score (nSPS) is 9.07. The highest BCUT2D eigenvalue weighted by Gasteiger charge is 1.99. The molecule has 0 spiro atoms. The van der Waals surface area contributed by atoms with Gasteiger partial charge in [0.2, 0.25) is 0 Å². The molecule has 0 saturated carbocycles. The zero-order valence-corrected chi connectivity index (χ0v) is 8.43. The Morgan fingerprint density at radius 2 is 2.21 bits per heavy atom. The Kier molecular flexibility index (Phi) is 4.00. The predicted octanol–water partition coefficient (Wildman–Crippen LogP) is 2.93. The van der Waals surface area contributed by atoms with Crippen molar-refractivity contribution >= 4 is 0 Å². The lowest BCUT2D eigenvalue weighted by Crippen LogP contribution is -1.96. The summed E-state index contributed by atoms with van der Waals surface area (Å²) in [5, 5.41) is 0. The molecule has 0 unspecified atom stereocenters. The van der Waals surface area contributed by atoms with Crippen LogP contribution in [-0.4, -0.2) is 6.61 Å². The predicted molar refractivity (Wildman–Crippen MR) is 54.7 cm³/mol. The topological polar surface area (TPSA) is 9.23 Å². The molecule has 0 amide bonds. The second-order valence-corrected chi connectivity index (χ2v) is 2.94. The van der Waals surface area contributed by atoms with Crippen molar-refractivity contribution in [2.24, 2.45) is 0 Å². The molecule has 0 aliphatic rings. The zero-order valence-electron chi connectivity index (χ0n) is 8.43. The molecule has 0 heterocycles. The van der Waals surface area contributed by atoms with Crippen LogP contribution in [0.15, 0.2) is 18.2 Å². The van der Waals surface area contributed by atoms with Crippen LogP contribution in [0.4, 0.5) is 4.39 Å². The molecule has 1 aromatic carbocycles. The number of ether oxygens (including phenoxy) is 1. The van der Waals surface area contributed by atoms with E-state index in [9.17, 15) is 4.39 Å². The van der Waals surface area contributed by atoms with Gasteiger partial charge in [-0.3, -0.25) is 0 Å². The highest BCUT2D eigenvalue weighted by molar-refractivity contribution is 5.27. The molecule has 0 N–H and O–H groups in total. The summed E-state index contributed by atoms with van der Waals surface area (Å²) in [6.07, 6.45) is 0.673. The van der Waals surface area contributed by atoms with Gasteiger partial charge in [0.1, 0.15) is 11.6 Å². The monoisotopic (exact) mass is 192 g/mol. The van der Waals surface area contributed by atoms with Gasteiger partial charge in [0.05, 0.1) is 6.61 Å². The van der Waals surface area contributed by atoms with Gasteiger partial charge < -0.3 is 4.74 Å². The van der Waals surface area contributed by atoms with Crippen LogP contribution in [0.25, 0.3) is 0 Å². The molecule has 1 nitrogen and oxygen atoms in total. The Morgan fingerprint density at radius 3 is 2.86 bits per heavy atom. The first-order valence-electron chi connectivity index (χ1n) is 4.52. The van der Waals surface area contributed by atoms with E-state index >= 15 is 0 Å². The van der Waals surface area contributed by atoms with Crippen molar-refractivity contribution in [2.75, 3.05) is 6.61 Å². The van der Waals surface area contributed by atoms with E-state index in [0.717, 1.165) is 0 Å². The third-order valence-corrected chi connectivity index (χ3v) is 1.82. The van der Waals surface area contributed by atoms with Crippen molar-refractivity contribution in [3.8, 4) is 17.6 Å². The molecule has 0 saturated heterocycles. The molecule has 0 aliphatic carbocycles. The lowest BCUT2D eigenvalue weighted by Gasteiger charge is -2.04. The maximum Gasteiger partial charge on any atom is 0.129 e. The van der Waals surface area contributed by atoms with Crippen molar-refractivity contribution in [1.29, 1.82) is 0 Å². The summed E-state index contributed by atoms with van der Waals surface area (Å²) in [5.41, 5.74) is 0.630. The van der Waals surface area contributed by atoms with E-state index in [1.54, 1.807) is 26.0 Å². The molecule has 14 heavy (non-hydrogen) atoms. The van der Waals surface area contributed by atoms with Gasteiger partial charge in [-0.2, -0.15) is 0 Å². The zero-order chi connectivity index (χ0) is 10.4. The summed E-state index contributed by atoms with van der Waals surface area (Å²) in [5.74, 6) is 5.97. The van der Waals surface area contributed by atoms with Crippen LogP contribution >= 0.6 is 0 Å². The Balaban J connectivity index is 2.50. The van der Waals surface area contributed by atoms with Crippen LogP contribution in [0.3, 0.4) is 0 Å². The summed E-state index contributed by atoms with van der Waals surface area (Å²) in [6.45, 7) is 4.01. The average molecular weight is 192 g/mol. The van der Waals surface area contributed by atoms with Crippen molar-refractivity contribution in [1.82, 2.24) is 0 Å². The fourth-order valence-electron chi connectivity index (χ4n) is 1.01. The van der Waals surface area contributed by atoms with E-state index in [0.29, 0.717) is 24.3 Å². The van der Waals surface area contributed by atoms with Crippen LogP contribution < -0.4 is 4.74 Å². The minimum atomic E-state index is -0.232. The Hall–Kier alpha value is -1.49. The molecule has 0 atom stereocenters. The first kappa shape index (κ1) is 10.6. The van der Waals surface area contributed by atoms with E-state index in [1.165, 1.54) is 6.07 Å². The first-order chi connectivity index (χ1) is 6.74. The standard InChI is InChI=1S/C12H13FO/c1-3-4-5-8-14-11-7-6-10(2)12(13)9-11/h6-7,9H,5,8H2,1-2H3. The molecular weight excluding hydrogens is 179 g/mol. The summed E-state index contributed by atoms with van der Waals surface area (Å²) in [4.78, 5) is 0. The van der Waals surface area contributed by atoms with Gasteiger partial charge in [-0.1, -0.05) is 6.07 Å². The van der Waals surface area contributed by atoms with Crippen LogP contribution in [0, 0.1) is 24.6 Å². The van der Waals surface area contributed by atoms with E-state index in [-0.39, 0.29) is 5.82 Å². The molecular formula is C12H13FO. The third kappa shape index (κ3) is 3.10. The van der Waals surface area contributed by atoms with Gasteiger partial charge >= 0.3 is 0 Å². The average Bonchev–Trinajstić information content (AvgIpc) is 2.18. The number of rotatable bonds is 3. The molecule has 0 aliphatic heterocycles. The van der Waals surface area contributed by atoms with Gasteiger partial charge in [-0.05, 0) is 25.5 Å². The first-order valence-corrected chi connectivity index (χ1v) is 4.52. The second kappa shape index (κ2) is 5.29. The van der Waals surface area contributed by atoms with Crippen LogP contribution in [0.1, 0.15) is 18.9 Å². The highest BCUT2D eigenvalue weighted by Crippen LogP contribution is 2.15. The minimum Gasteiger partial charge on any atom is -0.492 e. The summed E-state index contributed by atoms with van der Waals surface area (Å²) >= 11 is 0. The molecule has 1 rings (SSSR count). The SMILES string of the molecule is CC#CCCOc1ccc(C)c(F)c1. The maximum absolute atomic E-state index is 13.0. The fraction of sp³-hybridized carbons (Fsp3) is 0.333. The fourth-order valence-corrected chi connectivity index (χ4v) is 1.01. The molecule has 0 bridgehead atoms. The van der Waals surface area contributed by atoms with E-state index in [1.807, 2.05) is 0 Å². The molecule has 2 heteroatoms. The van der Waals surface area contributed by atoms with Crippen molar-refractivity contribution in [2.45, 2.75) is 20.3 Å². The van der Waals surface area contributed by atoms with E-state index < -0.39 is 0 Å². The summed E-state index contributed by atoms with van der Waals surface area (Å²) in [6, 6.07) is 4.86. The number of hydrogen-bond acceptors (Lipinski definition) is 1. The Labute approximate surface area is 83.9 Å². The minimum absolute atomic E-state index is 0.232. The van der Waals surface area contributed by atoms with Crippen LogP contribution in [-0.2, 0) is 0 Å². The third-order valence-electron chi connectivity index (χ3n) is 1.82. The van der Waals surface area contributed by atoms with Gasteiger partial charge in [0.25, 0.3) is 0 Å². The molecule has 0 aromatic heterocycles. The van der Waals surface area contributed by atoms with Crippen molar-refractivity contribution in [3.05, 3.63) is 29.6 Å². The van der Waals surface area contributed by atoms with Gasteiger partial charge in [-0.25, -0.2) is 4.39 Å². The second-order valence-electron chi connectivity index (χ2n) is 2.94. The number of benzene rings is 1. The van der Waals surface area contributed by atoms with Crippen LogP contribution in [0.5, 0.6) is 5.75 Å². The summed E-state index contributed by atoms with van der Waals surface area (Å²) in [7, 11) is 0. The highest BCUT2D eigenvalue weighted by atomic mass is 19.1. The molecule has 0 radical (unpaired) electrons. The lowest BCUT2D eigenvalue weighted by molar-refractivity contribution is 0.325. The molecule has 0 fully saturated rings. The Morgan fingerprint density at radius 1 is 1.43 bits per heavy atom. The van der Waals surface area contributed by atoms with Crippen molar-refractivity contribution < 1.29 is 9.13 Å². The van der Waals surface area contributed by atoms with Gasteiger partial charge in [0, 0.05) is 12.5 Å². The van der Waals surface area contributed by atoms with E-state index in [2.05, 4.69) is 11.8 Å². The lowest BCUT2D eigenvalue weighted by atomic mass is 10.2. The number of hydrogen-bond donors (Lipinski definition) is 0. The molecule has 74 valence electrons. The summed E-state index contributed by atoms with van der Waals surface area (Å²) < 4.78 is 18.3. The smallest absolute Gasteiger partial charge is 0.129 e. The van der Waals surface area contributed by atoms with Gasteiger partial charge in [-0.15, -0.1) is 11.8 Å². The largest absolute Gasteiger partial charge is 0.492 e. The van der Waals surface area contributed by atoms with Crippen LogP contribution in [0.2, 0.25) is 0 Å². The van der Waals surface area contributed by atoms with Crippen molar-refractivity contribution in [3.63, 3.8) is 0 Å². The number of halogens is 1. The van der Waals surface area contributed by atoms with Gasteiger partial charge in [0.15, 0.2) is 0 Å². The Bertz CT molecular complexity index is 360.